The van der Waals surface area contributed by atoms with Gasteiger partial charge in [-0.2, -0.15) is 0 Å². The Morgan fingerprint density at radius 3 is 1.87 bits per heavy atom. The Morgan fingerprint density at radius 2 is 1.07 bits per heavy atom. The SMILES string of the molecule is Cc1cc2c3c4c(cccc14)C(C)(C)c1cc(C#Cc4ccc(-c5cccc6ccccc56)c5ccccc45)cc(c1-3)C2(C)C. The van der Waals surface area contributed by atoms with Gasteiger partial charge in [-0.1, -0.05) is 137 Å². The first kappa shape index (κ1) is 26.3. The van der Waals surface area contributed by atoms with Crippen LogP contribution in [0.25, 0.3) is 54.6 Å². The summed E-state index contributed by atoms with van der Waals surface area (Å²) < 4.78 is 0. The highest BCUT2D eigenvalue weighted by atomic mass is 14.5. The Balaban J connectivity index is 1.23. The van der Waals surface area contributed by atoms with E-state index < -0.39 is 0 Å². The van der Waals surface area contributed by atoms with E-state index in [-0.39, 0.29) is 10.8 Å². The summed E-state index contributed by atoms with van der Waals surface area (Å²) in [4.78, 5) is 0. The zero-order chi connectivity index (χ0) is 30.7. The summed E-state index contributed by atoms with van der Waals surface area (Å²) in [6, 6.07) is 42.5. The Morgan fingerprint density at radius 1 is 0.467 bits per heavy atom. The molecule has 7 aromatic carbocycles. The van der Waals surface area contributed by atoms with E-state index in [2.05, 4.69) is 162 Å². The average Bonchev–Trinajstić information content (AvgIpc) is 3.28. The van der Waals surface area contributed by atoms with Crippen molar-refractivity contribution >= 4 is 32.3 Å². The van der Waals surface area contributed by atoms with Crippen LogP contribution >= 0.6 is 0 Å². The number of fused-ring (bicyclic) bond motifs is 2. The fraction of sp³-hybridized carbons (Fsp3) is 0.156. The van der Waals surface area contributed by atoms with Crippen molar-refractivity contribution in [3.8, 4) is 34.1 Å². The lowest BCUT2D eigenvalue weighted by atomic mass is 9.68. The molecule has 0 spiro atoms. The third kappa shape index (κ3) is 3.50. The zero-order valence-corrected chi connectivity index (χ0v) is 26.5. The maximum atomic E-state index is 3.66. The third-order valence-corrected chi connectivity index (χ3v) is 10.8. The Bertz CT molecular complexity index is 2480. The summed E-state index contributed by atoms with van der Waals surface area (Å²) in [5.74, 6) is 7.29. The van der Waals surface area contributed by atoms with Gasteiger partial charge in [0.15, 0.2) is 0 Å². The van der Waals surface area contributed by atoms with Crippen LogP contribution in [0.3, 0.4) is 0 Å². The molecule has 0 atom stereocenters. The molecular weight excluding hydrogens is 540 g/mol. The van der Waals surface area contributed by atoms with Gasteiger partial charge < -0.3 is 0 Å². The molecule has 0 aromatic heterocycles. The van der Waals surface area contributed by atoms with Crippen molar-refractivity contribution < 1.29 is 0 Å². The highest BCUT2D eigenvalue weighted by Crippen LogP contribution is 2.60. The van der Waals surface area contributed by atoms with Crippen LogP contribution in [-0.4, -0.2) is 0 Å². The normalized spacial score (nSPS) is 15.0. The second-order valence-corrected chi connectivity index (χ2v) is 14.0. The van der Waals surface area contributed by atoms with Gasteiger partial charge in [-0.15, -0.1) is 0 Å². The van der Waals surface area contributed by atoms with Gasteiger partial charge in [0, 0.05) is 22.0 Å². The topological polar surface area (TPSA) is 0 Å². The van der Waals surface area contributed by atoms with Gasteiger partial charge in [-0.3, -0.25) is 0 Å². The standard InChI is InChI=1S/C45H34/c1-27-24-38-43-41-31(27)17-11-19-37(41)44(2,3)39-25-28(26-40(42(39)43)45(38,4)5)20-21-30-22-23-36(34-16-9-8-15-33(30)34)35-18-10-13-29-12-6-7-14-32(29)35/h6-19,22-26H,1-5H3. The molecule has 2 aliphatic rings. The van der Waals surface area contributed by atoms with Gasteiger partial charge in [0.1, 0.15) is 0 Å². The highest BCUT2D eigenvalue weighted by molar-refractivity contribution is 6.10. The van der Waals surface area contributed by atoms with Crippen molar-refractivity contribution in [1.82, 2.24) is 0 Å². The lowest BCUT2D eigenvalue weighted by Gasteiger charge is -2.35. The molecule has 0 radical (unpaired) electrons. The number of hydrogen-bond donors (Lipinski definition) is 0. The van der Waals surface area contributed by atoms with Crippen LogP contribution in [0.2, 0.25) is 0 Å². The monoisotopic (exact) mass is 574 g/mol. The molecule has 0 fully saturated rings. The van der Waals surface area contributed by atoms with Crippen LogP contribution in [0, 0.1) is 18.8 Å². The van der Waals surface area contributed by atoms with Gasteiger partial charge in [0.2, 0.25) is 0 Å². The van der Waals surface area contributed by atoms with Crippen LogP contribution in [0.4, 0.5) is 0 Å². The molecular formula is C45H34. The van der Waals surface area contributed by atoms with Crippen molar-refractivity contribution in [3.63, 3.8) is 0 Å². The van der Waals surface area contributed by atoms with E-state index in [1.807, 2.05) is 0 Å². The Kier molecular flexibility index (Phi) is 5.24. The van der Waals surface area contributed by atoms with Gasteiger partial charge in [-0.25, -0.2) is 0 Å². The van der Waals surface area contributed by atoms with E-state index in [4.69, 9.17) is 0 Å². The first-order valence-electron chi connectivity index (χ1n) is 16.0. The maximum Gasteiger partial charge on any atom is 0.0327 e. The molecule has 214 valence electrons. The fourth-order valence-electron chi connectivity index (χ4n) is 8.43. The molecule has 7 aromatic rings. The average molecular weight is 575 g/mol. The third-order valence-electron chi connectivity index (χ3n) is 10.8. The van der Waals surface area contributed by atoms with E-state index in [1.54, 1.807) is 0 Å². The summed E-state index contributed by atoms with van der Waals surface area (Å²) in [5.41, 5.74) is 14.4. The molecule has 0 nitrogen and oxygen atoms in total. The minimum absolute atomic E-state index is 0.0869. The van der Waals surface area contributed by atoms with E-state index in [0.29, 0.717) is 0 Å². The van der Waals surface area contributed by atoms with Gasteiger partial charge in [0.05, 0.1) is 0 Å². The van der Waals surface area contributed by atoms with Crippen molar-refractivity contribution in [2.75, 3.05) is 0 Å². The summed E-state index contributed by atoms with van der Waals surface area (Å²) >= 11 is 0. The van der Waals surface area contributed by atoms with Crippen LogP contribution in [0.15, 0.2) is 115 Å². The maximum absolute atomic E-state index is 3.66. The first-order chi connectivity index (χ1) is 21.7. The predicted octanol–water partition coefficient (Wildman–Crippen LogP) is 11.5. The second kappa shape index (κ2) is 8.97. The molecule has 9 rings (SSSR count). The number of hydrogen-bond acceptors (Lipinski definition) is 0. The summed E-state index contributed by atoms with van der Waals surface area (Å²) in [6.45, 7) is 11.8. The summed E-state index contributed by atoms with van der Waals surface area (Å²) in [5, 5.41) is 7.80. The van der Waals surface area contributed by atoms with Crippen molar-refractivity contribution in [1.29, 1.82) is 0 Å². The van der Waals surface area contributed by atoms with Crippen molar-refractivity contribution in [2.45, 2.75) is 45.4 Å². The predicted molar refractivity (Wildman–Crippen MR) is 191 cm³/mol. The molecule has 0 amide bonds. The Labute approximate surface area is 265 Å². The van der Waals surface area contributed by atoms with E-state index in [9.17, 15) is 0 Å². The number of rotatable bonds is 1. The van der Waals surface area contributed by atoms with Crippen molar-refractivity contribution in [2.24, 2.45) is 0 Å². The largest absolute Gasteiger partial charge is 0.0616 e. The second-order valence-electron chi connectivity index (χ2n) is 14.0. The summed E-state index contributed by atoms with van der Waals surface area (Å²) in [7, 11) is 0. The van der Waals surface area contributed by atoms with Crippen molar-refractivity contribution in [3.05, 3.63) is 154 Å². The molecule has 45 heavy (non-hydrogen) atoms. The number of benzene rings is 7. The molecule has 0 heterocycles. The summed E-state index contributed by atoms with van der Waals surface area (Å²) in [6.07, 6.45) is 0. The fourth-order valence-corrected chi connectivity index (χ4v) is 8.43. The molecule has 0 unspecified atom stereocenters. The van der Waals surface area contributed by atoms with E-state index >= 15 is 0 Å². The molecule has 0 heteroatoms. The molecule has 2 aliphatic carbocycles. The zero-order valence-electron chi connectivity index (χ0n) is 26.5. The first-order valence-corrected chi connectivity index (χ1v) is 16.0. The minimum atomic E-state index is -0.118. The Hall–Kier alpha value is -5.12. The lowest BCUT2D eigenvalue weighted by molar-refractivity contribution is 0.639. The molecule has 0 N–H and O–H groups in total. The van der Waals surface area contributed by atoms with E-state index in [1.165, 1.54) is 82.4 Å². The smallest absolute Gasteiger partial charge is 0.0327 e. The highest BCUT2D eigenvalue weighted by Gasteiger charge is 2.45. The molecule has 0 saturated carbocycles. The molecule has 0 aliphatic heterocycles. The molecule has 0 saturated heterocycles. The molecule has 0 bridgehead atoms. The minimum Gasteiger partial charge on any atom is -0.0616 e. The van der Waals surface area contributed by atoms with Crippen LogP contribution < -0.4 is 0 Å². The lowest BCUT2D eigenvalue weighted by Crippen LogP contribution is -2.24. The van der Waals surface area contributed by atoms with Crippen LogP contribution in [0.5, 0.6) is 0 Å². The van der Waals surface area contributed by atoms with Gasteiger partial charge in [0.25, 0.3) is 0 Å². The van der Waals surface area contributed by atoms with Crippen LogP contribution in [0.1, 0.15) is 66.6 Å². The quantitative estimate of drug-likeness (QED) is 0.171. The van der Waals surface area contributed by atoms with E-state index in [0.717, 1.165) is 11.1 Å². The van der Waals surface area contributed by atoms with Gasteiger partial charge >= 0.3 is 0 Å². The van der Waals surface area contributed by atoms with Gasteiger partial charge in [-0.05, 0) is 108 Å². The van der Waals surface area contributed by atoms with Crippen LogP contribution in [-0.2, 0) is 10.8 Å². The number of aryl methyl sites for hydroxylation is 1.